The van der Waals surface area contributed by atoms with Crippen molar-refractivity contribution in [1.29, 1.82) is 0 Å². The summed E-state index contributed by atoms with van der Waals surface area (Å²) >= 11 is 0. The van der Waals surface area contributed by atoms with Crippen LogP contribution in [0.15, 0.2) is 48.7 Å². The van der Waals surface area contributed by atoms with E-state index in [-0.39, 0.29) is 17.9 Å². The lowest BCUT2D eigenvalue weighted by molar-refractivity contribution is -0.118. The summed E-state index contributed by atoms with van der Waals surface area (Å²) in [6.45, 7) is 4.02. The number of urea groups is 1. The maximum Gasteiger partial charge on any atom is 0.319 e. The Bertz CT molecular complexity index is 654. The van der Waals surface area contributed by atoms with Crippen LogP contribution in [0, 0.1) is 5.92 Å². The lowest BCUT2D eigenvalue weighted by Gasteiger charge is -2.10. The maximum absolute atomic E-state index is 11.8. The smallest absolute Gasteiger partial charge is 0.319 e. The summed E-state index contributed by atoms with van der Waals surface area (Å²) in [6.07, 6.45) is 1.68. The highest BCUT2D eigenvalue weighted by Gasteiger charge is 2.07. The zero-order valence-corrected chi connectivity index (χ0v) is 13.2. The normalized spacial score (nSPS) is 10.2. The van der Waals surface area contributed by atoms with E-state index in [1.807, 2.05) is 32.0 Å². The lowest BCUT2D eigenvalue weighted by Crippen LogP contribution is -2.28. The highest BCUT2D eigenvalue weighted by atomic mass is 16.2. The van der Waals surface area contributed by atoms with Crippen molar-refractivity contribution in [3.05, 3.63) is 54.4 Å². The molecule has 0 spiro atoms. The fraction of sp³-hybridized carbons (Fsp3) is 0.235. The average molecular weight is 312 g/mol. The number of pyridine rings is 1. The molecule has 0 aliphatic rings. The molecular weight excluding hydrogens is 292 g/mol. The Morgan fingerprint density at radius 2 is 1.65 bits per heavy atom. The van der Waals surface area contributed by atoms with Crippen molar-refractivity contribution < 1.29 is 9.59 Å². The Morgan fingerprint density at radius 3 is 2.22 bits per heavy atom. The van der Waals surface area contributed by atoms with Crippen molar-refractivity contribution in [2.75, 3.05) is 10.6 Å². The van der Waals surface area contributed by atoms with Crippen molar-refractivity contribution in [3.8, 4) is 0 Å². The van der Waals surface area contributed by atoms with Gasteiger partial charge in [0.15, 0.2) is 0 Å². The van der Waals surface area contributed by atoms with Crippen LogP contribution in [0.5, 0.6) is 0 Å². The molecule has 0 fully saturated rings. The standard InChI is InChI=1S/C17H20N4O2/c1-12(2)16(22)20-13-6-8-14(9-7-13)21-17(23)19-11-15-5-3-4-10-18-15/h3-10,12H,11H2,1-2H3,(H,20,22)(H2,19,21,23). The van der Waals surface area contributed by atoms with Crippen LogP contribution in [0.25, 0.3) is 0 Å². The predicted molar refractivity (Wildman–Crippen MR) is 90.0 cm³/mol. The lowest BCUT2D eigenvalue weighted by atomic mass is 10.2. The molecule has 3 amide bonds. The number of benzene rings is 1. The number of anilines is 2. The van der Waals surface area contributed by atoms with Crippen molar-refractivity contribution in [2.45, 2.75) is 20.4 Å². The Balaban J connectivity index is 1.83. The first-order chi connectivity index (χ1) is 11.0. The average Bonchev–Trinajstić information content (AvgIpc) is 2.55. The second kappa shape index (κ2) is 7.93. The summed E-state index contributed by atoms with van der Waals surface area (Å²) in [5, 5.41) is 8.24. The molecule has 0 radical (unpaired) electrons. The summed E-state index contributed by atoms with van der Waals surface area (Å²) in [4.78, 5) is 27.5. The summed E-state index contributed by atoms with van der Waals surface area (Å²) in [6, 6.07) is 12.2. The summed E-state index contributed by atoms with van der Waals surface area (Å²) < 4.78 is 0. The number of amides is 3. The van der Waals surface area contributed by atoms with Crippen LogP contribution in [0.3, 0.4) is 0 Å². The number of hydrogen-bond donors (Lipinski definition) is 3. The van der Waals surface area contributed by atoms with E-state index in [0.717, 1.165) is 5.69 Å². The molecule has 1 aromatic carbocycles. The first-order valence-corrected chi connectivity index (χ1v) is 7.40. The molecule has 23 heavy (non-hydrogen) atoms. The van der Waals surface area contributed by atoms with Gasteiger partial charge in [-0.15, -0.1) is 0 Å². The fourth-order valence-electron chi connectivity index (χ4n) is 1.77. The molecule has 1 aromatic heterocycles. The third-order valence-electron chi connectivity index (χ3n) is 3.09. The summed E-state index contributed by atoms with van der Waals surface area (Å²) in [7, 11) is 0. The molecule has 120 valence electrons. The molecule has 0 saturated carbocycles. The van der Waals surface area contributed by atoms with Gasteiger partial charge < -0.3 is 16.0 Å². The quantitative estimate of drug-likeness (QED) is 0.793. The summed E-state index contributed by atoms with van der Waals surface area (Å²) in [5.41, 5.74) is 2.13. The second-order valence-corrected chi connectivity index (χ2v) is 5.35. The Morgan fingerprint density at radius 1 is 1.00 bits per heavy atom. The second-order valence-electron chi connectivity index (χ2n) is 5.35. The maximum atomic E-state index is 11.8. The van der Waals surface area contributed by atoms with Gasteiger partial charge in [-0.25, -0.2) is 4.79 Å². The number of hydrogen-bond acceptors (Lipinski definition) is 3. The largest absolute Gasteiger partial charge is 0.332 e. The number of carbonyl (C=O) groups excluding carboxylic acids is 2. The molecular formula is C17H20N4O2. The molecule has 0 saturated heterocycles. The van der Waals surface area contributed by atoms with Crippen LogP contribution in [0.1, 0.15) is 19.5 Å². The first kappa shape index (κ1) is 16.5. The van der Waals surface area contributed by atoms with Gasteiger partial charge in [-0.1, -0.05) is 19.9 Å². The van der Waals surface area contributed by atoms with Gasteiger partial charge in [0.1, 0.15) is 0 Å². The number of aromatic nitrogens is 1. The molecule has 0 atom stereocenters. The third-order valence-corrected chi connectivity index (χ3v) is 3.09. The van der Waals surface area contributed by atoms with E-state index >= 15 is 0 Å². The number of nitrogens with one attached hydrogen (secondary N) is 3. The molecule has 0 aliphatic carbocycles. The van der Waals surface area contributed by atoms with Crippen LogP contribution in [-0.2, 0) is 11.3 Å². The van der Waals surface area contributed by atoms with Crippen molar-refractivity contribution in [2.24, 2.45) is 5.92 Å². The predicted octanol–water partition coefficient (Wildman–Crippen LogP) is 3.00. The first-order valence-electron chi connectivity index (χ1n) is 7.40. The van der Waals surface area contributed by atoms with Gasteiger partial charge in [0, 0.05) is 23.5 Å². The van der Waals surface area contributed by atoms with E-state index in [0.29, 0.717) is 17.9 Å². The topological polar surface area (TPSA) is 83.1 Å². The van der Waals surface area contributed by atoms with Crippen molar-refractivity contribution in [1.82, 2.24) is 10.3 Å². The third kappa shape index (κ3) is 5.43. The van der Waals surface area contributed by atoms with Crippen LogP contribution < -0.4 is 16.0 Å². The zero-order valence-electron chi connectivity index (χ0n) is 13.2. The van der Waals surface area contributed by atoms with Gasteiger partial charge in [-0.2, -0.15) is 0 Å². The van der Waals surface area contributed by atoms with E-state index in [4.69, 9.17) is 0 Å². The van der Waals surface area contributed by atoms with Gasteiger partial charge in [-0.05, 0) is 36.4 Å². The molecule has 6 heteroatoms. The minimum Gasteiger partial charge on any atom is -0.332 e. The number of rotatable bonds is 5. The molecule has 1 heterocycles. The number of nitrogens with zero attached hydrogens (tertiary/aromatic N) is 1. The Labute approximate surface area is 135 Å². The van der Waals surface area contributed by atoms with Crippen LogP contribution >= 0.6 is 0 Å². The molecule has 0 unspecified atom stereocenters. The Hall–Kier alpha value is -2.89. The van der Waals surface area contributed by atoms with E-state index in [1.54, 1.807) is 30.5 Å². The van der Waals surface area contributed by atoms with Gasteiger partial charge >= 0.3 is 6.03 Å². The van der Waals surface area contributed by atoms with Crippen LogP contribution in [0.4, 0.5) is 16.2 Å². The van der Waals surface area contributed by atoms with Crippen molar-refractivity contribution >= 4 is 23.3 Å². The van der Waals surface area contributed by atoms with Gasteiger partial charge in [0.05, 0.1) is 12.2 Å². The van der Waals surface area contributed by atoms with E-state index in [1.165, 1.54) is 0 Å². The van der Waals surface area contributed by atoms with Crippen molar-refractivity contribution in [3.63, 3.8) is 0 Å². The minimum absolute atomic E-state index is 0.0428. The molecule has 6 nitrogen and oxygen atoms in total. The monoisotopic (exact) mass is 312 g/mol. The fourth-order valence-corrected chi connectivity index (χ4v) is 1.77. The molecule has 0 bridgehead atoms. The van der Waals surface area contributed by atoms with E-state index < -0.39 is 0 Å². The molecule has 2 aromatic rings. The SMILES string of the molecule is CC(C)C(=O)Nc1ccc(NC(=O)NCc2ccccn2)cc1. The van der Waals surface area contributed by atoms with Gasteiger partial charge in [0.2, 0.25) is 5.91 Å². The van der Waals surface area contributed by atoms with Gasteiger partial charge in [-0.3, -0.25) is 9.78 Å². The zero-order chi connectivity index (χ0) is 16.7. The molecule has 2 rings (SSSR count). The molecule has 0 aliphatic heterocycles. The van der Waals surface area contributed by atoms with Gasteiger partial charge in [0.25, 0.3) is 0 Å². The van der Waals surface area contributed by atoms with Crippen LogP contribution in [-0.4, -0.2) is 16.9 Å². The summed E-state index contributed by atoms with van der Waals surface area (Å²) in [5.74, 6) is -0.121. The Kier molecular flexibility index (Phi) is 5.68. The van der Waals surface area contributed by atoms with Crippen LogP contribution in [0.2, 0.25) is 0 Å². The minimum atomic E-state index is -0.311. The highest BCUT2D eigenvalue weighted by molar-refractivity contribution is 5.93. The van der Waals surface area contributed by atoms with E-state index in [2.05, 4.69) is 20.9 Å². The highest BCUT2D eigenvalue weighted by Crippen LogP contribution is 2.14. The van der Waals surface area contributed by atoms with E-state index in [9.17, 15) is 9.59 Å². The number of carbonyl (C=O) groups is 2. The molecule has 3 N–H and O–H groups in total.